The summed E-state index contributed by atoms with van der Waals surface area (Å²) in [4.78, 5) is 27.5. The minimum absolute atomic E-state index is 0.0433. The molecule has 7 heteroatoms. The van der Waals surface area contributed by atoms with Crippen LogP contribution in [0.25, 0.3) is 5.76 Å². The molecular weight excluding hydrogens is 413 g/mol. The Balaban J connectivity index is 2.19. The minimum Gasteiger partial charge on any atom is -0.507 e. The third-order valence-electron chi connectivity index (χ3n) is 5.30. The SMILES string of the molecule is COCCCN1C(=O)C(=O)/C(=C(\O)c2ccc(F)c(C)c2)C1c1ccccc1OC(C)C. The Labute approximate surface area is 187 Å². The number of carbonyl (C=O) groups excluding carboxylic acids is 2. The molecule has 0 aliphatic carbocycles. The van der Waals surface area contributed by atoms with Gasteiger partial charge in [-0.15, -0.1) is 0 Å². The normalized spacial score (nSPS) is 17.9. The van der Waals surface area contributed by atoms with Crippen LogP contribution in [0.2, 0.25) is 0 Å². The van der Waals surface area contributed by atoms with Crippen molar-refractivity contribution in [2.24, 2.45) is 0 Å². The van der Waals surface area contributed by atoms with Gasteiger partial charge in [-0.2, -0.15) is 0 Å². The Bertz CT molecular complexity index is 1050. The van der Waals surface area contributed by atoms with Gasteiger partial charge in [-0.3, -0.25) is 9.59 Å². The van der Waals surface area contributed by atoms with E-state index < -0.39 is 23.5 Å². The third-order valence-corrected chi connectivity index (χ3v) is 5.30. The van der Waals surface area contributed by atoms with Gasteiger partial charge in [0.1, 0.15) is 17.3 Å². The van der Waals surface area contributed by atoms with Gasteiger partial charge in [0.25, 0.3) is 11.7 Å². The number of aliphatic hydroxyl groups is 1. The number of para-hydroxylation sites is 1. The fourth-order valence-electron chi connectivity index (χ4n) is 3.83. The van der Waals surface area contributed by atoms with Crippen LogP contribution in [0.1, 0.15) is 43.0 Å². The van der Waals surface area contributed by atoms with E-state index >= 15 is 0 Å². The molecule has 1 fully saturated rings. The number of nitrogens with zero attached hydrogens (tertiary/aromatic N) is 1. The Hall–Kier alpha value is -3.19. The molecule has 1 aliphatic heterocycles. The van der Waals surface area contributed by atoms with Crippen LogP contribution < -0.4 is 4.74 Å². The van der Waals surface area contributed by atoms with Gasteiger partial charge in [0.2, 0.25) is 0 Å². The first-order valence-electron chi connectivity index (χ1n) is 10.6. The lowest BCUT2D eigenvalue weighted by atomic mass is 9.94. The monoisotopic (exact) mass is 441 g/mol. The number of likely N-dealkylation sites (tertiary alicyclic amines) is 1. The summed E-state index contributed by atoms with van der Waals surface area (Å²) < 4.78 is 24.8. The number of hydrogen-bond acceptors (Lipinski definition) is 5. The summed E-state index contributed by atoms with van der Waals surface area (Å²) in [6.45, 7) is 6.01. The zero-order valence-electron chi connectivity index (χ0n) is 18.7. The molecule has 1 saturated heterocycles. The Morgan fingerprint density at radius 1 is 1.19 bits per heavy atom. The van der Waals surface area contributed by atoms with Gasteiger partial charge in [0, 0.05) is 31.4 Å². The summed E-state index contributed by atoms with van der Waals surface area (Å²) in [6, 6.07) is 10.4. The second-order valence-corrected chi connectivity index (χ2v) is 8.01. The van der Waals surface area contributed by atoms with Crippen LogP contribution in [0, 0.1) is 12.7 Å². The van der Waals surface area contributed by atoms with E-state index in [1.165, 1.54) is 23.1 Å². The van der Waals surface area contributed by atoms with Crippen LogP contribution in [0.15, 0.2) is 48.0 Å². The summed E-state index contributed by atoms with van der Waals surface area (Å²) in [5.74, 6) is -1.73. The Morgan fingerprint density at radius 3 is 2.56 bits per heavy atom. The van der Waals surface area contributed by atoms with Crippen LogP contribution in [0.4, 0.5) is 4.39 Å². The van der Waals surface area contributed by atoms with E-state index in [-0.39, 0.29) is 29.5 Å². The molecular formula is C25H28FNO5. The number of carbonyl (C=O) groups is 2. The first-order chi connectivity index (χ1) is 15.3. The van der Waals surface area contributed by atoms with Crippen molar-refractivity contribution < 1.29 is 28.6 Å². The maximum Gasteiger partial charge on any atom is 0.295 e. The van der Waals surface area contributed by atoms with Gasteiger partial charge in [-0.05, 0) is 57.0 Å². The maximum atomic E-state index is 13.8. The minimum atomic E-state index is -0.841. The van der Waals surface area contributed by atoms with Crippen molar-refractivity contribution in [3.63, 3.8) is 0 Å². The molecule has 6 nitrogen and oxygen atoms in total. The highest BCUT2D eigenvalue weighted by atomic mass is 19.1. The molecule has 0 aromatic heterocycles. The summed E-state index contributed by atoms with van der Waals surface area (Å²) in [6.07, 6.45) is 0.384. The molecule has 1 N–H and O–H groups in total. The van der Waals surface area contributed by atoms with Crippen molar-refractivity contribution in [1.29, 1.82) is 0 Å². The van der Waals surface area contributed by atoms with Crippen molar-refractivity contribution in [3.05, 3.63) is 70.5 Å². The van der Waals surface area contributed by atoms with Gasteiger partial charge >= 0.3 is 0 Å². The van der Waals surface area contributed by atoms with Crippen LogP contribution in [0.3, 0.4) is 0 Å². The van der Waals surface area contributed by atoms with Crippen molar-refractivity contribution in [2.45, 2.75) is 39.3 Å². The van der Waals surface area contributed by atoms with Gasteiger partial charge < -0.3 is 19.5 Å². The fourth-order valence-corrected chi connectivity index (χ4v) is 3.83. The number of aliphatic hydroxyl groups excluding tert-OH is 1. The molecule has 1 atom stereocenters. The second kappa shape index (κ2) is 9.96. The van der Waals surface area contributed by atoms with E-state index in [2.05, 4.69) is 0 Å². The molecule has 170 valence electrons. The van der Waals surface area contributed by atoms with Crippen LogP contribution in [0.5, 0.6) is 5.75 Å². The van der Waals surface area contributed by atoms with Crippen LogP contribution >= 0.6 is 0 Å². The summed E-state index contributed by atoms with van der Waals surface area (Å²) >= 11 is 0. The van der Waals surface area contributed by atoms with Gasteiger partial charge in [-0.25, -0.2) is 4.39 Å². The standard InChI is InChI=1S/C25H28FNO5/c1-15(2)32-20-9-6-5-8-18(20)22-21(23(28)17-10-11-19(26)16(3)14-17)24(29)25(30)27(22)12-7-13-31-4/h5-6,8-11,14-15,22,28H,7,12-13H2,1-4H3/b23-21-. The van der Waals surface area contributed by atoms with Crippen molar-refractivity contribution in [2.75, 3.05) is 20.3 Å². The highest BCUT2D eigenvalue weighted by Crippen LogP contribution is 2.43. The average Bonchev–Trinajstić information content (AvgIpc) is 3.00. The first kappa shape index (κ1) is 23.5. The van der Waals surface area contributed by atoms with Crippen LogP contribution in [-0.4, -0.2) is 48.1 Å². The molecule has 2 aromatic carbocycles. The second-order valence-electron chi connectivity index (χ2n) is 8.01. The summed E-state index contributed by atoms with van der Waals surface area (Å²) in [5, 5.41) is 11.1. The van der Waals surface area contributed by atoms with Gasteiger partial charge in [0.15, 0.2) is 0 Å². The lowest BCUT2D eigenvalue weighted by Gasteiger charge is -2.27. The highest BCUT2D eigenvalue weighted by Gasteiger charge is 2.46. The number of ketones is 1. The average molecular weight is 441 g/mol. The highest BCUT2D eigenvalue weighted by molar-refractivity contribution is 6.46. The number of methoxy groups -OCH3 is 1. The van der Waals surface area contributed by atoms with E-state index in [1.54, 1.807) is 32.2 Å². The molecule has 1 heterocycles. The topological polar surface area (TPSA) is 76.1 Å². The Morgan fingerprint density at radius 2 is 1.91 bits per heavy atom. The van der Waals surface area contributed by atoms with Crippen molar-refractivity contribution >= 4 is 17.4 Å². The molecule has 1 unspecified atom stereocenters. The molecule has 2 aromatic rings. The number of Topliss-reactive ketones (excluding diaryl/α,β-unsaturated/α-hetero) is 1. The smallest absolute Gasteiger partial charge is 0.295 e. The maximum absolute atomic E-state index is 13.8. The van der Waals surface area contributed by atoms with E-state index in [9.17, 15) is 19.1 Å². The number of halogens is 1. The number of aryl methyl sites for hydroxylation is 1. The molecule has 3 rings (SSSR count). The number of ether oxygens (including phenoxy) is 2. The fraction of sp³-hybridized carbons (Fsp3) is 0.360. The van der Waals surface area contributed by atoms with E-state index in [4.69, 9.17) is 9.47 Å². The van der Waals surface area contributed by atoms with E-state index in [0.29, 0.717) is 29.9 Å². The summed E-state index contributed by atoms with van der Waals surface area (Å²) in [5.41, 5.74) is 1.14. The molecule has 0 radical (unpaired) electrons. The largest absolute Gasteiger partial charge is 0.507 e. The predicted octanol–water partition coefficient (Wildman–Crippen LogP) is 4.38. The molecule has 32 heavy (non-hydrogen) atoms. The lowest BCUT2D eigenvalue weighted by molar-refractivity contribution is -0.140. The summed E-state index contributed by atoms with van der Waals surface area (Å²) in [7, 11) is 1.56. The van der Waals surface area contributed by atoms with Crippen molar-refractivity contribution in [1.82, 2.24) is 4.90 Å². The quantitative estimate of drug-likeness (QED) is 0.285. The number of benzene rings is 2. The molecule has 1 aliphatic rings. The first-order valence-corrected chi connectivity index (χ1v) is 10.6. The number of hydrogen-bond donors (Lipinski definition) is 1. The van der Waals surface area contributed by atoms with Crippen LogP contribution in [-0.2, 0) is 14.3 Å². The van der Waals surface area contributed by atoms with Crippen molar-refractivity contribution in [3.8, 4) is 5.75 Å². The van der Waals surface area contributed by atoms with Gasteiger partial charge in [0.05, 0.1) is 17.7 Å². The van der Waals surface area contributed by atoms with E-state index in [1.807, 2.05) is 19.9 Å². The third kappa shape index (κ3) is 4.67. The predicted molar refractivity (Wildman–Crippen MR) is 119 cm³/mol. The zero-order chi connectivity index (χ0) is 23.4. The molecule has 0 saturated carbocycles. The molecule has 0 spiro atoms. The molecule has 0 bridgehead atoms. The number of amides is 1. The Kier molecular flexibility index (Phi) is 7.30. The van der Waals surface area contributed by atoms with E-state index in [0.717, 1.165) is 0 Å². The zero-order valence-corrected chi connectivity index (χ0v) is 18.7. The molecule has 1 amide bonds. The lowest BCUT2D eigenvalue weighted by Crippen LogP contribution is -2.31. The van der Waals surface area contributed by atoms with Gasteiger partial charge in [-0.1, -0.05) is 18.2 Å². The number of rotatable bonds is 8.